The van der Waals surface area contributed by atoms with E-state index < -0.39 is 8.53 Å². The van der Waals surface area contributed by atoms with Gasteiger partial charge in [0, 0.05) is 24.0 Å². The zero-order valence-corrected chi connectivity index (χ0v) is 24.9. The number of aryl methyl sites for hydroxylation is 1. The van der Waals surface area contributed by atoms with Crippen molar-refractivity contribution in [2.45, 2.75) is 72.2 Å². The minimum atomic E-state index is -1.30. The van der Waals surface area contributed by atoms with Crippen LogP contribution < -0.4 is 0 Å². The Bertz CT molecular complexity index is 1440. The molecule has 1 unspecified atom stereocenters. The van der Waals surface area contributed by atoms with Crippen molar-refractivity contribution in [3.8, 4) is 0 Å². The summed E-state index contributed by atoms with van der Waals surface area (Å²) in [5.74, 6) is 0. The van der Waals surface area contributed by atoms with Crippen molar-refractivity contribution in [3.05, 3.63) is 57.9 Å². The van der Waals surface area contributed by atoms with Gasteiger partial charge in [-0.1, -0.05) is 48.3 Å². The maximum absolute atomic E-state index is 7.12. The van der Waals surface area contributed by atoms with Gasteiger partial charge in [-0.05, 0) is 58.7 Å². The van der Waals surface area contributed by atoms with Crippen molar-refractivity contribution in [1.29, 1.82) is 0 Å². The molecule has 0 saturated heterocycles. The van der Waals surface area contributed by atoms with Gasteiger partial charge in [-0.2, -0.15) is 0 Å². The number of aromatic nitrogens is 3. The minimum Gasteiger partial charge on any atom is -0.324 e. The summed E-state index contributed by atoms with van der Waals surface area (Å²) in [6, 6.07) is 12.3. The first kappa shape index (κ1) is 29.0. The Balaban J connectivity index is 1.65. The van der Waals surface area contributed by atoms with E-state index in [9.17, 15) is 0 Å². The van der Waals surface area contributed by atoms with Crippen molar-refractivity contribution in [2.24, 2.45) is 0 Å². The molecule has 4 aromatic rings. The Morgan fingerprint density at radius 2 is 1.71 bits per heavy atom. The lowest BCUT2D eigenvalue weighted by Gasteiger charge is -2.37. The average Bonchev–Trinajstić information content (AvgIpc) is 3.18. The quantitative estimate of drug-likeness (QED) is 0.0965. The van der Waals surface area contributed by atoms with Crippen LogP contribution in [0.25, 0.3) is 37.9 Å². The maximum atomic E-state index is 7.12. The van der Waals surface area contributed by atoms with E-state index in [1.165, 1.54) is 0 Å². The minimum absolute atomic E-state index is 0.0214. The molecular weight excluding hydrogens is 540 g/mol. The van der Waals surface area contributed by atoms with Gasteiger partial charge in [0.15, 0.2) is 5.65 Å². The van der Waals surface area contributed by atoms with Gasteiger partial charge in [-0.25, -0.2) is 21.2 Å². The molecule has 2 heterocycles. The Kier molecular flexibility index (Phi) is 9.81. The summed E-state index contributed by atoms with van der Waals surface area (Å²) in [6.07, 6.45) is 1.60. The number of fused-ring (bicyclic) bond motifs is 4. The van der Waals surface area contributed by atoms with Gasteiger partial charge in [-0.15, -0.1) is 0 Å². The molecule has 0 fully saturated rings. The molecule has 0 aliphatic rings. The van der Waals surface area contributed by atoms with Crippen LogP contribution in [0.2, 0.25) is 10.0 Å². The zero-order valence-electron chi connectivity index (χ0n) is 22.5. The Hall–Kier alpha value is -2.04. The van der Waals surface area contributed by atoms with Gasteiger partial charge in [0.05, 0.1) is 32.7 Å². The maximum Gasteiger partial charge on any atom is 0.259 e. The van der Waals surface area contributed by atoms with E-state index in [2.05, 4.69) is 60.8 Å². The largest absolute Gasteiger partial charge is 0.324 e. The fraction of sp³-hybridized carbons (Fsp3) is 0.464. The molecule has 0 radical (unpaired) electrons. The molecule has 202 valence electrons. The highest BCUT2D eigenvalue weighted by Gasteiger charge is 2.30. The van der Waals surface area contributed by atoms with Crippen LogP contribution in [0.3, 0.4) is 0 Å². The van der Waals surface area contributed by atoms with Crippen LogP contribution in [0.15, 0.2) is 36.4 Å². The molecule has 0 spiro atoms. The molecule has 0 aliphatic heterocycles. The lowest BCUT2D eigenvalue weighted by molar-refractivity contribution is 0.123. The van der Waals surface area contributed by atoms with E-state index in [0.29, 0.717) is 40.8 Å². The van der Waals surface area contributed by atoms with Crippen LogP contribution >= 0.6 is 31.7 Å². The number of halogens is 2. The van der Waals surface area contributed by atoms with Crippen molar-refractivity contribution in [3.63, 3.8) is 0 Å². The Labute approximate surface area is 235 Å². The molecule has 2 aromatic carbocycles. The van der Waals surface area contributed by atoms with Gasteiger partial charge in [0.1, 0.15) is 12.1 Å². The van der Waals surface area contributed by atoms with Gasteiger partial charge in [0.25, 0.3) is 8.53 Å². The summed E-state index contributed by atoms with van der Waals surface area (Å²) in [7, 11) is -1.30. The third-order valence-corrected chi connectivity index (χ3v) is 9.32. The van der Waals surface area contributed by atoms with Crippen LogP contribution in [0.1, 0.15) is 47.5 Å². The normalized spacial score (nSPS) is 13.8. The van der Waals surface area contributed by atoms with Crippen molar-refractivity contribution in [2.75, 3.05) is 13.2 Å². The van der Waals surface area contributed by atoms with Crippen molar-refractivity contribution in [1.82, 2.24) is 19.2 Å². The average molecular weight is 574 g/mol. The van der Waals surface area contributed by atoms with E-state index in [-0.39, 0.29) is 18.2 Å². The lowest BCUT2D eigenvalue weighted by Crippen LogP contribution is -2.34. The first-order chi connectivity index (χ1) is 18.2. The number of benzene rings is 2. The molecule has 2 atom stereocenters. The summed E-state index contributed by atoms with van der Waals surface area (Å²) in [5, 5.41) is 1.97. The van der Waals surface area contributed by atoms with E-state index >= 15 is 0 Å². The second-order valence-electron chi connectivity index (χ2n) is 9.76. The second kappa shape index (κ2) is 12.9. The second-order valence-corrected chi connectivity index (χ2v) is 12.0. The molecule has 0 N–H and O–H groups in total. The summed E-state index contributed by atoms with van der Waals surface area (Å²) < 4.78 is 17.3. The predicted octanol–water partition coefficient (Wildman–Crippen LogP) is 8.51. The Morgan fingerprint density at radius 1 is 1.05 bits per heavy atom. The topological polar surface area (TPSA) is 56.8 Å². The number of hydrogen-bond donors (Lipinski definition) is 0. The number of para-hydroxylation sites is 1. The van der Waals surface area contributed by atoms with Crippen LogP contribution in [0, 0.1) is 6.57 Å². The van der Waals surface area contributed by atoms with Crippen LogP contribution in [-0.4, -0.2) is 50.5 Å². The van der Waals surface area contributed by atoms with Gasteiger partial charge < -0.3 is 18.5 Å². The fourth-order valence-corrected chi connectivity index (χ4v) is 6.80. The fourth-order valence-electron chi connectivity index (χ4n) is 4.68. The molecule has 0 bridgehead atoms. The molecule has 0 saturated carbocycles. The van der Waals surface area contributed by atoms with Crippen molar-refractivity contribution >= 4 is 64.8 Å². The molecular formula is C28H34Cl2N5O2P. The van der Waals surface area contributed by atoms with E-state index in [4.69, 9.17) is 48.8 Å². The standard InChI is InChI=1S/C28H34Cl2N5O2P/c1-7-20(37-38(36-15-13-31-6)35(18(2)3)19(4)5)12-14-34-26-11-9-8-10-21(26)27-28(34)33-25-17-23(30)22(29)16-24(25)32-27/h8-11,16-20H,7,12-15H2,1-5H3/t20-,38?/m1/s1. The molecule has 0 aliphatic carbocycles. The summed E-state index contributed by atoms with van der Waals surface area (Å²) in [5.41, 5.74) is 4.16. The molecule has 10 heteroatoms. The van der Waals surface area contributed by atoms with Gasteiger partial charge >= 0.3 is 0 Å². The number of nitrogens with zero attached hydrogens (tertiary/aromatic N) is 5. The molecule has 38 heavy (non-hydrogen) atoms. The van der Waals surface area contributed by atoms with Gasteiger partial charge in [0.2, 0.25) is 6.54 Å². The highest BCUT2D eigenvalue weighted by Crippen LogP contribution is 2.47. The van der Waals surface area contributed by atoms with E-state index in [0.717, 1.165) is 34.9 Å². The van der Waals surface area contributed by atoms with E-state index in [1.54, 1.807) is 12.1 Å². The van der Waals surface area contributed by atoms with Crippen LogP contribution in [0.5, 0.6) is 0 Å². The third kappa shape index (κ3) is 6.23. The molecule has 0 amide bonds. The highest BCUT2D eigenvalue weighted by atomic mass is 35.5. The van der Waals surface area contributed by atoms with Crippen molar-refractivity contribution < 1.29 is 9.05 Å². The number of hydrogen-bond acceptors (Lipinski definition) is 5. The molecule has 4 rings (SSSR count). The summed E-state index contributed by atoms with van der Waals surface area (Å²) in [6.45, 7) is 19.3. The summed E-state index contributed by atoms with van der Waals surface area (Å²) in [4.78, 5) is 13.3. The smallest absolute Gasteiger partial charge is 0.259 e. The first-order valence-corrected chi connectivity index (χ1v) is 14.9. The zero-order chi connectivity index (χ0) is 27.4. The number of rotatable bonds is 12. The lowest BCUT2D eigenvalue weighted by atomic mass is 10.2. The summed E-state index contributed by atoms with van der Waals surface area (Å²) >= 11 is 12.5. The monoisotopic (exact) mass is 573 g/mol. The van der Waals surface area contributed by atoms with Gasteiger partial charge in [-0.3, -0.25) is 0 Å². The highest BCUT2D eigenvalue weighted by molar-refractivity contribution is 7.44. The molecule has 2 aromatic heterocycles. The SMILES string of the molecule is [C-]#[N+]CCOP(O[C@H](CC)CCn1c2ccccc2c2nc3cc(Cl)c(Cl)cc3nc21)N(C(C)C)C(C)C. The van der Waals surface area contributed by atoms with E-state index in [1.807, 2.05) is 12.1 Å². The predicted molar refractivity (Wildman–Crippen MR) is 159 cm³/mol. The molecule has 7 nitrogen and oxygen atoms in total. The Morgan fingerprint density at radius 3 is 2.34 bits per heavy atom. The third-order valence-electron chi connectivity index (χ3n) is 6.41. The first-order valence-electron chi connectivity index (χ1n) is 13.0. The van der Waals surface area contributed by atoms with Crippen LogP contribution in [0.4, 0.5) is 0 Å². The van der Waals surface area contributed by atoms with Crippen LogP contribution in [-0.2, 0) is 15.6 Å².